The van der Waals surface area contributed by atoms with Crippen LogP contribution in [0.5, 0.6) is 0 Å². The molecule has 0 amide bonds. The number of rotatable bonds is 3. The summed E-state index contributed by atoms with van der Waals surface area (Å²) in [6.07, 6.45) is 2.01. The van der Waals surface area contributed by atoms with E-state index in [9.17, 15) is 0 Å². The first-order valence-corrected chi connectivity index (χ1v) is 8.77. The predicted molar refractivity (Wildman–Crippen MR) is 100 cm³/mol. The van der Waals surface area contributed by atoms with Gasteiger partial charge < -0.3 is 9.73 Å². The van der Waals surface area contributed by atoms with Gasteiger partial charge in [0.1, 0.15) is 17.1 Å². The van der Waals surface area contributed by atoms with Gasteiger partial charge >= 0.3 is 0 Å². The molecule has 0 saturated carbocycles. The van der Waals surface area contributed by atoms with Crippen molar-refractivity contribution in [3.63, 3.8) is 0 Å². The summed E-state index contributed by atoms with van der Waals surface area (Å²) in [7, 11) is 0. The zero-order valence-corrected chi connectivity index (χ0v) is 14.1. The fourth-order valence-corrected chi connectivity index (χ4v) is 3.53. The lowest BCUT2D eigenvalue weighted by molar-refractivity contribution is 0.626. The number of fused-ring (bicyclic) bond motifs is 2. The van der Waals surface area contributed by atoms with Crippen molar-refractivity contribution in [3.8, 4) is 17.1 Å². The van der Waals surface area contributed by atoms with Crippen LogP contribution in [0.1, 0.15) is 18.1 Å². The van der Waals surface area contributed by atoms with Crippen LogP contribution < -0.4 is 5.32 Å². The van der Waals surface area contributed by atoms with Crippen LogP contribution in [0.15, 0.2) is 59.0 Å². The lowest BCUT2D eigenvalue weighted by atomic mass is 10.1. The molecule has 4 heteroatoms. The highest BCUT2D eigenvalue weighted by Crippen LogP contribution is 2.36. The number of hydrogen-bond donors (Lipinski definition) is 1. The topological polar surface area (TPSA) is 43.0 Å². The van der Waals surface area contributed by atoms with Crippen molar-refractivity contribution in [3.05, 3.63) is 65.7 Å². The summed E-state index contributed by atoms with van der Waals surface area (Å²) in [6.45, 7) is 3.11. The standard InChI is InChI=1S/C21H19N3O/c1-2-14-7-9-16(10-8-14)24-21-17(11-12-22-21)20(23-24)19-13-15-5-3-4-6-18(15)25-19/h3-10,13,22H,2,11-12H2,1H3. The van der Waals surface area contributed by atoms with Crippen molar-refractivity contribution < 1.29 is 4.42 Å². The summed E-state index contributed by atoms with van der Waals surface area (Å²) in [6, 6.07) is 18.8. The van der Waals surface area contributed by atoms with E-state index in [1.807, 2.05) is 22.9 Å². The SMILES string of the molecule is CCc1ccc(-n2nc(-c3cc4ccccc4o3)c3c2NCC3)cc1. The summed E-state index contributed by atoms with van der Waals surface area (Å²) in [4.78, 5) is 0. The maximum Gasteiger partial charge on any atom is 0.156 e. The van der Waals surface area contributed by atoms with E-state index in [0.717, 1.165) is 53.3 Å². The average molecular weight is 329 g/mol. The van der Waals surface area contributed by atoms with Crippen molar-refractivity contribution in [1.82, 2.24) is 9.78 Å². The highest BCUT2D eigenvalue weighted by atomic mass is 16.3. The first-order chi connectivity index (χ1) is 12.3. The second-order valence-electron chi connectivity index (χ2n) is 6.43. The molecule has 2 aromatic carbocycles. The Morgan fingerprint density at radius 3 is 2.76 bits per heavy atom. The van der Waals surface area contributed by atoms with Gasteiger partial charge in [0.2, 0.25) is 0 Å². The summed E-state index contributed by atoms with van der Waals surface area (Å²) in [5.74, 6) is 1.92. The van der Waals surface area contributed by atoms with Crippen LogP contribution in [0.2, 0.25) is 0 Å². The Balaban J connectivity index is 1.66. The Hall–Kier alpha value is -3.01. The average Bonchev–Trinajstić information content (AvgIpc) is 3.36. The molecule has 1 aliphatic heterocycles. The van der Waals surface area contributed by atoms with Gasteiger partial charge in [-0.15, -0.1) is 0 Å². The third kappa shape index (κ3) is 2.25. The van der Waals surface area contributed by atoms with E-state index in [0.29, 0.717) is 0 Å². The molecule has 1 N–H and O–H groups in total. The fraction of sp³-hybridized carbons (Fsp3) is 0.190. The van der Waals surface area contributed by atoms with Gasteiger partial charge in [0.25, 0.3) is 0 Å². The monoisotopic (exact) mass is 329 g/mol. The molecule has 2 aromatic heterocycles. The molecule has 1 aliphatic rings. The maximum atomic E-state index is 6.06. The molecule has 0 fully saturated rings. The number of furan rings is 1. The van der Waals surface area contributed by atoms with Gasteiger partial charge in [-0.25, -0.2) is 4.68 Å². The minimum atomic E-state index is 0.838. The number of para-hydroxylation sites is 1. The molecular formula is C21H19N3O. The van der Waals surface area contributed by atoms with Crippen LogP contribution >= 0.6 is 0 Å². The van der Waals surface area contributed by atoms with Gasteiger partial charge in [-0.2, -0.15) is 5.10 Å². The number of nitrogens with one attached hydrogen (secondary N) is 1. The normalized spacial score (nSPS) is 13.2. The van der Waals surface area contributed by atoms with E-state index in [1.54, 1.807) is 0 Å². The number of anilines is 1. The minimum Gasteiger partial charge on any atom is -0.454 e. The molecule has 0 bridgehead atoms. The van der Waals surface area contributed by atoms with Crippen LogP contribution in [0.25, 0.3) is 28.1 Å². The highest BCUT2D eigenvalue weighted by molar-refractivity contribution is 5.83. The Bertz CT molecular complexity index is 1020. The van der Waals surface area contributed by atoms with Crippen LogP contribution in [-0.4, -0.2) is 16.3 Å². The second kappa shape index (κ2) is 5.52. The summed E-state index contributed by atoms with van der Waals surface area (Å²) in [5.41, 5.74) is 5.48. The van der Waals surface area contributed by atoms with Crippen LogP contribution in [-0.2, 0) is 12.8 Å². The van der Waals surface area contributed by atoms with Gasteiger partial charge in [-0.05, 0) is 42.7 Å². The predicted octanol–water partition coefficient (Wildman–Crippen LogP) is 4.82. The molecule has 124 valence electrons. The number of aromatic nitrogens is 2. The summed E-state index contributed by atoms with van der Waals surface area (Å²) in [5, 5.41) is 9.47. The molecule has 25 heavy (non-hydrogen) atoms. The van der Waals surface area contributed by atoms with Crippen LogP contribution in [0.4, 0.5) is 5.82 Å². The molecule has 0 radical (unpaired) electrons. The number of aryl methyl sites for hydroxylation is 1. The Kier molecular flexibility index (Phi) is 3.17. The molecule has 5 rings (SSSR count). The molecule has 3 heterocycles. The van der Waals surface area contributed by atoms with Gasteiger partial charge in [0.15, 0.2) is 5.76 Å². The smallest absolute Gasteiger partial charge is 0.156 e. The van der Waals surface area contributed by atoms with Crippen LogP contribution in [0.3, 0.4) is 0 Å². The zero-order chi connectivity index (χ0) is 16.8. The Labute approximate surface area is 146 Å². The van der Waals surface area contributed by atoms with Gasteiger partial charge in [-0.3, -0.25) is 0 Å². The van der Waals surface area contributed by atoms with E-state index < -0.39 is 0 Å². The van der Waals surface area contributed by atoms with E-state index in [4.69, 9.17) is 9.52 Å². The first kappa shape index (κ1) is 14.3. The summed E-state index contributed by atoms with van der Waals surface area (Å²) >= 11 is 0. The quantitative estimate of drug-likeness (QED) is 0.586. The molecule has 0 saturated heterocycles. The van der Waals surface area contributed by atoms with Gasteiger partial charge in [0, 0.05) is 17.5 Å². The van der Waals surface area contributed by atoms with Crippen molar-refractivity contribution in [1.29, 1.82) is 0 Å². The zero-order valence-electron chi connectivity index (χ0n) is 14.1. The van der Waals surface area contributed by atoms with E-state index in [1.165, 1.54) is 11.1 Å². The third-order valence-electron chi connectivity index (χ3n) is 4.90. The van der Waals surface area contributed by atoms with E-state index in [2.05, 4.69) is 48.6 Å². The molecule has 0 aliphatic carbocycles. The Morgan fingerprint density at radius 1 is 1.12 bits per heavy atom. The third-order valence-corrected chi connectivity index (χ3v) is 4.90. The Morgan fingerprint density at radius 2 is 1.96 bits per heavy atom. The van der Waals surface area contributed by atoms with Gasteiger partial charge in [-0.1, -0.05) is 37.3 Å². The molecule has 0 spiro atoms. The second-order valence-corrected chi connectivity index (χ2v) is 6.43. The molecular weight excluding hydrogens is 310 g/mol. The van der Waals surface area contributed by atoms with E-state index in [-0.39, 0.29) is 0 Å². The molecule has 0 atom stereocenters. The van der Waals surface area contributed by atoms with Crippen molar-refractivity contribution in [2.24, 2.45) is 0 Å². The number of hydrogen-bond acceptors (Lipinski definition) is 3. The van der Waals surface area contributed by atoms with Crippen molar-refractivity contribution in [2.75, 3.05) is 11.9 Å². The van der Waals surface area contributed by atoms with Crippen LogP contribution in [0, 0.1) is 0 Å². The number of benzene rings is 2. The molecule has 4 aromatic rings. The number of nitrogens with zero attached hydrogens (tertiary/aromatic N) is 2. The molecule has 4 nitrogen and oxygen atoms in total. The molecule has 0 unspecified atom stereocenters. The summed E-state index contributed by atoms with van der Waals surface area (Å²) < 4.78 is 8.07. The maximum absolute atomic E-state index is 6.06. The lowest BCUT2D eigenvalue weighted by Crippen LogP contribution is -2.04. The fourth-order valence-electron chi connectivity index (χ4n) is 3.53. The first-order valence-electron chi connectivity index (χ1n) is 8.77. The van der Waals surface area contributed by atoms with E-state index >= 15 is 0 Å². The van der Waals surface area contributed by atoms with Crippen molar-refractivity contribution >= 4 is 16.8 Å². The highest BCUT2D eigenvalue weighted by Gasteiger charge is 2.25. The van der Waals surface area contributed by atoms with Crippen molar-refractivity contribution in [2.45, 2.75) is 19.8 Å². The van der Waals surface area contributed by atoms with Gasteiger partial charge in [0.05, 0.1) is 5.69 Å². The minimum absolute atomic E-state index is 0.838. The lowest BCUT2D eigenvalue weighted by Gasteiger charge is -2.07. The largest absolute Gasteiger partial charge is 0.454 e.